The predicted molar refractivity (Wildman–Crippen MR) is 57.8 cm³/mol. The zero-order chi connectivity index (χ0) is 10.4. The van der Waals surface area contributed by atoms with Gasteiger partial charge in [-0.05, 0) is 5.56 Å². The van der Waals surface area contributed by atoms with Gasteiger partial charge >= 0.3 is 0 Å². The second-order valence-electron chi connectivity index (χ2n) is 3.25. The number of hydrogen-bond donors (Lipinski definition) is 1. The molecule has 0 heterocycles. The molecule has 0 aliphatic rings. The maximum absolute atomic E-state index is 11.0. The molecule has 1 rings (SSSR count). The minimum Gasteiger partial charge on any atom is -0.376 e. The van der Waals surface area contributed by atoms with Crippen LogP contribution in [0.1, 0.15) is 5.56 Å². The highest BCUT2D eigenvalue weighted by atomic mass is 32.2. The Labute approximate surface area is 85.1 Å². The van der Waals surface area contributed by atoms with Gasteiger partial charge in [-0.15, -0.1) is 0 Å². The van der Waals surface area contributed by atoms with E-state index in [4.69, 9.17) is 9.52 Å². The highest BCUT2D eigenvalue weighted by Crippen LogP contribution is 2.00. The molecule has 0 saturated heterocycles. The average molecular weight is 213 g/mol. The molecule has 0 aliphatic heterocycles. The van der Waals surface area contributed by atoms with Crippen molar-refractivity contribution in [2.75, 3.05) is 18.6 Å². The van der Waals surface area contributed by atoms with Crippen molar-refractivity contribution < 1.29 is 8.95 Å². The van der Waals surface area contributed by atoms with Crippen LogP contribution >= 0.6 is 0 Å². The second-order valence-corrected chi connectivity index (χ2v) is 5.67. The normalized spacial score (nSPS) is 14.9. The van der Waals surface area contributed by atoms with Crippen LogP contribution in [0.5, 0.6) is 0 Å². The van der Waals surface area contributed by atoms with Gasteiger partial charge in [0.05, 0.1) is 19.0 Å². The van der Waals surface area contributed by atoms with Gasteiger partial charge < -0.3 is 4.74 Å². The Hall–Kier alpha value is -0.870. The van der Waals surface area contributed by atoms with Gasteiger partial charge in [-0.2, -0.15) is 0 Å². The van der Waals surface area contributed by atoms with Crippen LogP contribution in [0.4, 0.5) is 0 Å². The lowest BCUT2D eigenvalue weighted by Crippen LogP contribution is -2.08. The molecule has 0 saturated carbocycles. The molecule has 1 unspecified atom stereocenters. The Morgan fingerprint density at radius 1 is 1.36 bits per heavy atom. The van der Waals surface area contributed by atoms with Crippen molar-refractivity contribution in [2.45, 2.75) is 6.61 Å². The molecule has 78 valence electrons. The van der Waals surface area contributed by atoms with Crippen molar-refractivity contribution in [3.63, 3.8) is 0 Å². The lowest BCUT2D eigenvalue weighted by atomic mass is 10.2. The Kier molecular flexibility index (Phi) is 4.10. The lowest BCUT2D eigenvalue weighted by Gasteiger charge is -2.04. The molecule has 0 fully saturated rings. The number of rotatable bonds is 5. The van der Waals surface area contributed by atoms with E-state index < -0.39 is 9.73 Å². The Balaban J connectivity index is 2.23. The average Bonchev–Trinajstić information content (AvgIpc) is 2.13. The predicted octanol–water partition coefficient (Wildman–Crippen LogP) is 1.88. The van der Waals surface area contributed by atoms with Gasteiger partial charge in [0.15, 0.2) is 0 Å². The van der Waals surface area contributed by atoms with E-state index in [9.17, 15) is 4.21 Å². The van der Waals surface area contributed by atoms with Crippen molar-refractivity contribution >= 4 is 9.73 Å². The molecule has 0 radical (unpaired) electrons. The largest absolute Gasteiger partial charge is 0.376 e. The standard InChI is InChI=1S/C10H15NO2S/c1-14(11,12)8-7-13-9-10-5-3-2-4-6-10/h2-6,11H,7-9H2,1H3. The molecule has 0 aliphatic carbocycles. The van der Waals surface area contributed by atoms with Crippen LogP contribution in [0.25, 0.3) is 0 Å². The first kappa shape index (κ1) is 11.2. The molecular formula is C10H15NO2S. The molecule has 4 heteroatoms. The highest BCUT2D eigenvalue weighted by Gasteiger charge is 1.97. The van der Waals surface area contributed by atoms with Gasteiger partial charge in [0.25, 0.3) is 0 Å². The summed E-state index contributed by atoms with van der Waals surface area (Å²) >= 11 is 0. The fourth-order valence-corrected chi connectivity index (χ4v) is 1.42. The van der Waals surface area contributed by atoms with Crippen molar-refractivity contribution in [1.82, 2.24) is 0 Å². The second kappa shape index (κ2) is 5.12. The molecule has 3 nitrogen and oxygen atoms in total. The van der Waals surface area contributed by atoms with Gasteiger partial charge in [0.2, 0.25) is 0 Å². The first-order valence-electron chi connectivity index (χ1n) is 4.41. The quantitative estimate of drug-likeness (QED) is 0.759. The third-order valence-corrected chi connectivity index (χ3v) is 2.67. The molecular weight excluding hydrogens is 198 g/mol. The first-order chi connectivity index (χ1) is 6.58. The monoisotopic (exact) mass is 213 g/mol. The Morgan fingerprint density at radius 3 is 2.57 bits per heavy atom. The Morgan fingerprint density at radius 2 is 2.00 bits per heavy atom. The minimum absolute atomic E-state index is 0.305. The number of ether oxygens (including phenoxy) is 1. The van der Waals surface area contributed by atoms with Crippen LogP contribution in [-0.4, -0.2) is 22.8 Å². The summed E-state index contributed by atoms with van der Waals surface area (Å²) in [7, 11) is -2.40. The molecule has 0 amide bonds. The molecule has 1 aromatic rings. The van der Waals surface area contributed by atoms with E-state index in [0.717, 1.165) is 5.56 Å². The summed E-state index contributed by atoms with van der Waals surface area (Å²) in [6.07, 6.45) is 1.43. The van der Waals surface area contributed by atoms with Crippen LogP contribution in [0.3, 0.4) is 0 Å². The van der Waals surface area contributed by atoms with Crippen LogP contribution in [0.15, 0.2) is 30.3 Å². The van der Waals surface area contributed by atoms with E-state index in [0.29, 0.717) is 19.0 Å². The van der Waals surface area contributed by atoms with Gasteiger partial charge in [0.1, 0.15) is 0 Å². The Bertz CT molecular complexity index is 359. The van der Waals surface area contributed by atoms with E-state index in [-0.39, 0.29) is 0 Å². The zero-order valence-electron chi connectivity index (χ0n) is 8.23. The van der Waals surface area contributed by atoms with Crippen molar-refractivity contribution in [3.05, 3.63) is 35.9 Å². The SMILES string of the molecule is CS(=N)(=O)CCOCc1ccccc1. The van der Waals surface area contributed by atoms with E-state index in [1.165, 1.54) is 6.26 Å². The van der Waals surface area contributed by atoms with Gasteiger partial charge in [-0.3, -0.25) is 8.99 Å². The van der Waals surface area contributed by atoms with Gasteiger partial charge in [-0.25, -0.2) is 0 Å². The van der Waals surface area contributed by atoms with Crippen LogP contribution in [-0.2, 0) is 21.1 Å². The first-order valence-corrected chi connectivity index (χ1v) is 6.54. The van der Waals surface area contributed by atoms with Gasteiger partial charge in [-0.1, -0.05) is 30.3 Å². The van der Waals surface area contributed by atoms with E-state index in [2.05, 4.69) is 0 Å². The maximum Gasteiger partial charge on any atom is 0.0717 e. The number of hydrogen-bond acceptors (Lipinski definition) is 3. The molecule has 1 atom stereocenters. The van der Waals surface area contributed by atoms with Crippen molar-refractivity contribution in [3.8, 4) is 0 Å². The molecule has 0 aromatic heterocycles. The molecule has 0 spiro atoms. The smallest absolute Gasteiger partial charge is 0.0717 e. The summed E-state index contributed by atoms with van der Waals surface area (Å²) in [6.45, 7) is 0.907. The fraction of sp³-hybridized carbons (Fsp3) is 0.400. The summed E-state index contributed by atoms with van der Waals surface area (Å²) in [5, 5.41) is 0. The van der Waals surface area contributed by atoms with Crippen molar-refractivity contribution in [2.24, 2.45) is 0 Å². The molecule has 14 heavy (non-hydrogen) atoms. The summed E-state index contributed by atoms with van der Waals surface area (Å²) in [5.41, 5.74) is 1.10. The van der Waals surface area contributed by atoms with Crippen LogP contribution in [0.2, 0.25) is 0 Å². The topological polar surface area (TPSA) is 50.2 Å². The molecule has 1 N–H and O–H groups in total. The van der Waals surface area contributed by atoms with Crippen LogP contribution < -0.4 is 0 Å². The van der Waals surface area contributed by atoms with Crippen LogP contribution in [0, 0.1) is 4.78 Å². The lowest BCUT2D eigenvalue weighted by molar-refractivity contribution is 0.136. The third-order valence-electron chi connectivity index (χ3n) is 1.73. The summed E-state index contributed by atoms with van der Waals surface area (Å²) < 4.78 is 23.4. The third kappa shape index (κ3) is 4.99. The highest BCUT2D eigenvalue weighted by molar-refractivity contribution is 7.91. The van der Waals surface area contributed by atoms with E-state index in [1.54, 1.807) is 0 Å². The zero-order valence-corrected chi connectivity index (χ0v) is 9.05. The molecule has 0 bridgehead atoms. The number of nitrogens with one attached hydrogen (secondary N) is 1. The van der Waals surface area contributed by atoms with E-state index >= 15 is 0 Å². The summed E-state index contributed by atoms with van der Waals surface area (Å²) in [5.74, 6) is 0.305. The summed E-state index contributed by atoms with van der Waals surface area (Å²) in [4.78, 5) is 0. The minimum atomic E-state index is -2.40. The number of benzene rings is 1. The van der Waals surface area contributed by atoms with E-state index in [1.807, 2.05) is 30.3 Å². The van der Waals surface area contributed by atoms with Gasteiger partial charge in [0, 0.05) is 16.0 Å². The maximum atomic E-state index is 11.0. The molecule has 1 aromatic carbocycles. The fourth-order valence-electron chi connectivity index (χ4n) is 0.982. The van der Waals surface area contributed by atoms with Crippen molar-refractivity contribution in [1.29, 1.82) is 4.78 Å². The summed E-state index contributed by atoms with van der Waals surface area (Å²) in [6, 6.07) is 9.80.